The van der Waals surface area contributed by atoms with Gasteiger partial charge in [-0.1, -0.05) is 12.1 Å². The van der Waals surface area contributed by atoms with Gasteiger partial charge in [0.25, 0.3) is 0 Å². The molecule has 1 heterocycles. The van der Waals surface area contributed by atoms with Crippen LogP contribution in [0.3, 0.4) is 0 Å². The zero-order chi connectivity index (χ0) is 12.4. The highest BCUT2D eigenvalue weighted by molar-refractivity contribution is 5.56. The molecule has 2 rings (SSSR count). The predicted octanol–water partition coefficient (Wildman–Crippen LogP) is 2.39. The number of aliphatic hydroxyl groups excluding tert-OH is 1. The lowest BCUT2D eigenvalue weighted by atomic mass is 10.1. The molecule has 0 unspecified atom stereocenters. The lowest BCUT2D eigenvalue weighted by Gasteiger charge is -2.05. The number of nitrogens with zero attached hydrogens (tertiary/aromatic N) is 2. The number of benzene rings is 1. The van der Waals surface area contributed by atoms with Crippen molar-refractivity contribution in [3.05, 3.63) is 47.0 Å². The molecule has 0 saturated heterocycles. The van der Waals surface area contributed by atoms with Gasteiger partial charge in [-0.2, -0.15) is 0 Å². The van der Waals surface area contributed by atoms with E-state index in [0.29, 0.717) is 22.6 Å². The zero-order valence-electron chi connectivity index (χ0n) is 9.74. The minimum atomic E-state index is -0.279. The predicted molar refractivity (Wildman–Crippen MR) is 62.8 cm³/mol. The minimum Gasteiger partial charge on any atom is -0.390 e. The highest BCUT2D eigenvalue weighted by atomic mass is 19.1. The molecule has 0 bridgehead atoms. The van der Waals surface area contributed by atoms with Crippen LogP contribution in [0.4, 0.5) is 4.39 Å². The van der Waals surface area contributed by atoms with Crippen molar-refractivity contribution in [1.29, 1.82) is 0 Å². The normalized spacial score (nSPS) is 10.6. The van der Waals surface area contributed by atoms with Crippen LogP contribution in [0.5, 0.6) is 0 Å². The molecule has 0 saturated carbocycles. The van der Waals surface area contributed by atoms with Gasteiger partial charge in [0.1, 0.15) is 5.82 Å². The molecule has 1 aromatic heterocycles. The third-order valence-electron chi connectivity index (χ3n) is 2.50. The molecular formula is C13H13FN2O. The summed E-state index contributed by atoms with van der Waals surface area (Å²) in [6.07, 6.45) is 0. The quantitative estimate of drug-likeness (QED) is 0.864. The van der Waals surface area contributed by atoms with Gasteiger partial charge in [0, 0.05) is 11.3 Å². The van der Waals surface area contributed by atoms with Crippen molar-refractivity contribution in [3.8, 4) is 11.4 Å². The summed E-state index contributed by atoms with van der Waals surface area (Å²) in [5.74, 6) is 0.158. The van der Waals surface area contributed by atoms with Crippen molar-refractivity contribution in [2.45, 2.75) is 20.5 Å². The Labute approximate surface area is 99.0 Å². The molecule has 3 nitrogen and oxygen atoms in total. The molecule has 0 spiro atoms. The monoisotopic (exact) mass is 232 g/mol. The van der Waals surface area contributed by atoms with Crippen LogP contribution in [0.15, 0.2) is 24.3 Å². The van der Waals surface area contributed by atoms with E-state index in [1.807, 2.05) is 6.92 Å². The van der Waals surface area contributed by atoms with Gasteiger partial charge in [-0.3, -0.25) is 0 Å². The zero-order valence-corrected chi connectivity index (χ0v) is 9.74. The van der Waals surface area contributed by atoms with E-state index in [-0.39, 0.29) is 12.4 Å². The number of rotatable bonds is 2. The number of aryl methyl sites for hydroxylation is 2. The minimum absolute atomic E-state index is 0.148. The Balaban J connectivity index is 2.52. The van der Waals surface area contributed by atoms with Gasteiger partial charge in [-0.05, 0) is 31.5 Å². The van der Waals surface area contributed by atoms with Gasteiger partial charge >= 0.3 is 0 Å². The van der Waals surface area contributed by atoms with Crippen LogP contribution in [-0.2, 0) is 6.61 Å². The van der Waals surface area contributed by atoms with Crippen molar-refractivity contribution in [2.24, 2.45) is 0 Å². The average Bonchev–Trinajstić information content (AvgIpc) is 2.32. The molecule has 2 aromatic rings. The third-order valence-corrected chi connectivity index (χ3v) is 2.50. The molecule has 0 aliphatic carbocycles. The van der Waals surface area contributed by atoms with Gasteiger partial charge < -0.3 is 5.11 Å². The topological polar surface area (TPSA) is 46.0 Å². The van der Waals surface area contributed by atoms with Crippen LogP contribution >= 0.6 is 0 Å². The second-order valence-electron chi connectivity index (χ2n) is 3.95. The van der Waals surface area contributed by atoms with E-state index in [4.69, 9.17) is 5.11 Å². The first kappa shape index (κ1) is 11.7. The SMILES string of the molecule is Cc1cc(CO)nc(-c2ccc(C)c(F)c2)n1. The van der Waals surface area contributed by atoms with Crippen molar-refractivity contribution in [1.82, 2.24) is 9.97 Å². The second kappa shape index (κ2) is 4.59. The van der Waals surface area contributed by atoms with E-state index in [1.165, 1.54) is 6.07 Å². The summed E-state index contributed by atoms with van der Waals surface area (Å²) in [4.78, 5) is 8.40. The van der Waals surface area contributed by atoms with E-state index in [1.54, 1.807) is 25.1 Å². The summed E-state index contributed by atoms with van der Waals surface area (Å²) in [6, 6.07) is 6.57. The first-order valence-corrected chi connectivity index (χ1v) is 5.32. The number of hydrogen-bond donors (Lipinski definition) is 1. The highest BCUT2D eigenvalue weighted by Gasteiger charge is 2.07. The summed E-state index contributed by atoms with van der Waals surface area (Å²) >= 11 is 0. The Morgan fingerprint density at radius 2 is 1.94 bits per heavy atom. The molecular weight excluding hydrogens is 219 g/mol. The fourth-order valence-electron chi connectivity index (χ4n) is 1.58. The Kier molecular flexibility index (Phi) is 3.15. The van der Waals surface area contributed by atoms with E-state index < -0.39 is 0 Å². The Morgan fingerprint density at radius 1 is 1.18 bits per heavy atom. The molecule has 0 fully saturated rings. The molecule has 0 aliphatic rings. The van der Waals surface area contributed by atoms with Crippen LogP contribution in [0, 0.1) is 19.7 Å². The second-order valence-corrected chi connectivity index (χ2v) is 3.95. The molecule has 0 radical (unpaired) electrons. The van der Waals surface area contributed by atoms with E-state index >= 15 is 0 Å². The average molecular weight is 232 g/mol. The summed E-state index contributed by atoms with van der Waals surface area (Å²) < 4.78 is 13.4. The van der Waals surface area contributed by atoms with E-state index in [2.05, 4.69) is 9.97 Å². The summed E-state index contributed by atoms with van der Waals surface area (Å²) in [5, 5.41) is 9.07. The Bertz CT molecular complexity index is 555. The van der Waals surface area contributed by atoms with E-state index in [9.17, 15) is 4.39 Å². The lowest BCUT2D eigenvalue weighted by molar-refractivity contribution is 0.276. The molecule has 0 aliphatic heterocycles. The van der Waals surface area contributed by atoms with E-state index in [0.717, 1.165) is 5.69 Å². The summed E-state index contributed by atoms with van der Waals surface area (Å²) in [5.41, 5.74) is 2.49. The summed E-state index contributed by atoms with van der Waals surface area (Å²) in [7, 11) is 0. The maximum absolute atomic E-state index is 13.4. The Morgan fingerprint density at radius 3 is 2.59 bits per heavy atom. The number of hydrogen-bond acceptors (Lipinski definition) is 3. The number of halogens is 1. The Hall–Kier alpha value is -1.81. The van der Waals surface area contributed by atoms with Crippen molar-refractivity contribution in [3.63, 3.8) is 0 Å². The molecule has 1 N–H and O–H groups in total. The van der Waals surface area contributed by atoms with Crippen molar-refractivity contribution >= 4 is 0 Å². The standard InChI is InChI=1S/C13H13FN2O/c1-8-3-4-10(6-12(8)14)13-15-9(2)5-11(7-17)16-13/h3-6,17H,7H2,1-2H3. The highest BCUT2D eigenvalue weighted by Crippen LogP contribution is 2.19. The van der Waals surface area contributed by atoms with Crippen LogP contribution in [0.2, 0.25) is 0 Å². The van der Waals surface area contributed by atoms with Gasteiger partial charge in [-0.25, -0.2) is 14.4 Å². The third kappa shape index (κ3) is 2.47. The van der Waals surface area contributed by atoms with Crippen LogP contribution in [-0.4, -0.2) is 15.1 Å². The fraction of sp³-hybridized carbons (Fsp3) is 0.231. The largest absolute Gasteiger partial charge is 0.390 e. The lowest BCUT2D eigenvalue weighted by Crippen LogP contribution is -1.98. The first-order chi connectivity index (χ1) is 8.10. The molecule has 1 aromatic carbocycles. The molecule has 17 heavy (non-hydrogen) atoms. The maximum atomic E-state index is 13.4. The van der Waals surface area contributed by atoms with Crippen molar-refractivity contribution in [2.75, 3.05) is 0 Å². The molecule has 4 heteroatoms. The smallest absolute Gasteiger partial charge is 0.159 e. The van der Waals surface area contributed by atoms with Crippen LogP contribution < -0.4 is 0 Å². The first-order valence-electron chi connectivity index (χ1n) is 5.32. The van der Waals surface area contributed by atoms with Gasteiger partial charge in [0.15, 0.2) is 5.82 Å². The van der Waals surface area contributed by atoms with Crippen LogP contribution in [0.1, 0.15) is 17.0 Å². The summed E-state index contributed by atoms with van der Waals surface area (Å²) in [6.45, 7) is 3.37. The van der Waals surface area contributed by atoms with Crippen LogP contribution in [0.25, 0.3) is 11.4 Å². The van der Waals surface area contributed by atoms with Gasteiger partial charge in [-0.15, -0.1) is 0 Å². The molecule has 0 amide bonds. The van der Waals surface area contributed by atoms with Gasteiger partial charge in [0.2, 0.25) is 0 Å². The van der Waals surface area contributed by atoms with Crippen molar-refractivity contribution < 1.29 is 9.50 Å². The molecule has 88 valence electrons. The molecule has 0 atom stereocenters. The fourth-order valence-corrected chi connectivity index (χ4v) is 1.58. The maximum Gasteiger partial charge on any atom is 0.159 e. The number of aromatic nitrogens is 2. The van der Waals surface area contributed by atoms with Gasteiger partial charge in [0.05, 0.1) is 12.3 Å². The number of aliphatic hydroxyl groups is 1.